The number of carbonyl (C=O) groups excluding carboxylic acids is 1. The molecule has 0 saturated heterocycles. The molecular weight excluding hydrogens is 236 g/mol. The highest BCUT2D eigenvalue weighted by Crippen LogP contribution is 2.29. The molecule has 1 N–H and O–H groups in total. The lowest BCUT2D eigenvalue weighted by molar-refractivity contribution is -0.115. The molecule has 0 aromatic carbocycles. The van der Waals surface area contributed by atoms with Crippen LogP contribution in [0.25, 0.3) is 0 Å². The minimum absolute atomic E-state index is 0.132. The average molecular weight is 264 g/mol. The quantitative estimate of drug-likeness (QED) is 0.545. The van der Waals surface area contributed by atoms with Gasteiger partial charge >= 0.3 is 0 Å². The Bertz CT molecular complexity index is 307. The van der Waals surface area contributed by atoms with Gasteiger partial charge in [0.2, 0.25) is 0 Å². The molecule has 0 aliphatic heterocycles. The van der Waals surface area contributed by atoms with E-state index in [1.54, 1.807) is 0 Å². The topological polar surface area (TPSA) is 37.3 Å². The molecule has 2 heteroatoms. The molecule has 0 spiro atoms. The molecule has 0 atom stereocenters. The van der Waals surface area contributed by atoms with Crippen LogP contribution in [0.15, 0.2) is 11.8 Å². The zero-order chi connectivity index (χ0) is 13.5. The van der Waals surface area contributed by atoms with Crippen molar-refractivity contribution in [2.45, 2.75) is 77.0 Å². The first-order valence-electron chi connectivity index (χ1n) is 8.16. The fourth-order valence-electron chi connectivity index (χ4n) is 3.64. The number of allylic oxidation sites excluding steroid dienone is 2. The number of aliphatic hydroxyl groups is 1. The molecule has 0 heterocycles. The zero-order valence-electron chi connectivity index (χ0n) is 12.1. The SMILES string of the molecule is O=C(/C=C(\O)CCC1CCCCC1)CC1CCCC1. The van der Waals surface area contributed by atoms with Gasteiger partial charge in [0, 0.05) is 18.9 Å². The summed E-state index contributed by atoms with van der Waals surface area (Å²) in [7, 11) is 0. The van der Waals surface area contributed by atoms with Crippen LogP contribution in [0, 0.1) is 11.8 Å². The molecule has 0 radical (unpaired) electrons. The standard InChI is InChI=1S/C17H28O2/c18-16(11-10-14-6-2-1-3-7-14)13-17(19)12-15-8-4-5-9-15/h13-15,18H,1-12H2/b16-13-. The van der Waals surface area contributed by atoms with Crippen molar-refractivity contribution in [2.24, 2.45) is 11.8 Å². The molecule has 2 nitrogen and oxygen atoms in total. The Balaban J connectivity index is 1.66. The molecule has 0 bridgehead atoms. The van der Waals surface area contributed by atoms with Crippen LogP contribution < -0.4 is 0 Å². The van der Waals surface area contributed by atoms with E-state index in [9.17, 15) is 9.90 Å². The lowest BCUT2D eigenvalue weighted by Gasteiger charge is -2.21. The van der Waals surface area contributed by atoms with E-state index < -0.39 is 0 Å². The van der Waals surface area contributed by atoms with Gasteiger partial charge in [-0.05, 0) is 18.3 Å². The van der Waals surface area contributed by atoms with E-state index in [1.807, 2.05) is 0 Å². The van der Waals surface area contributed by atoms with Crippen LogP contribution >= 0.6 is 0 Å². The van der Waals surface area contributed by atoms with Crippen molar-refractivity contribution in [1.82, 2.24) is 0 Å². The predicted octanol–water partition coefficient (Wildman–Crippen LogP) is 4.94. The lowest BCUT2D eigenvalue weighted by atomic mass is 9.86. The Morgan fingerprint density at radius 2 is 1.53 bits per heavy atom. The van der Waals surface area contributed by atoms with Gasteiger partial charge in [-0.15, -0.1) is 0 Å². The van der Waals surface area contributed by atoms with Crippen LogP contribution in [-0.4, -0.2) is 10.9 Å². The molecule has 19 heavy (non-hydrogen) atoms. The van der Waals surface area contributed by atoms with E-state index in [4.69, 9.17) is 0 Å². The van der Waals surface area contributed by atoms with Gasteiger partial charge in [-0.25, -0.2) is 0 Å². The molecule has 0 aromatic heterocycles. The first kappa shape index (κ1) is 14.6. The van der Waals surface area contributed by atoms with Crippen molar-refractivity contribution in [3.8, 4) is 0 Å². The van der Waals surface area contributed by atoms with Gasteiger partial charge in [-0.3, -0.25) is 4.79 Å². The highest BCUT2D eigenvalue weighted by atomic mass is 16.3. The fraction of sp³-hybridized carbons (Fsp3) is 0.824. The van der Waals surface area contributed by atoms with E-state index in [1.165, 1.54) is 63.9 Å². The van der Waals surface area contributed by atoms with Crippen molar-refractivity contribution in [2.75, 3.05) is 0 Å². The third kappa shape index (κ3) is 5.38. The lowest BCUT2D eigenvalue weighted by Crippen LogP contribution is -2.07. The summed E-state index contributed by atoms with van der Waals surface area (Å²) in [5.41, 5.74) is 0. The highest BCUT2D eigenvalue weighted by Gasteiger charge is 2.18. The summed E-state index contributed by atoms with van der Waals surface area (Å²) in [4.78, 5) is 11.8. The van der Waals surface area contributed by atoms with Gasteiger partial charge in [-0.2, -0.15) is 0 Å². The normalized spacial score (nSPS) is 22.8. The minimum Gasteiger partial charge on any atom is -0.512 e. The van der Waals surface area contributed by atoms with Gasteiger partial charge in [-0.1, -0.05) is 57.8 Å². The molecule has 2 aliphatic carbocycles. The summed E-state index contributed by atoms with van der Waals surface area (Å²) < 4.78 is 0. The molecule has 2 aliphatic rings. The number of aliphatic hydroxyl groups excluding tert-OH is 1. The van der Waals surface area contributed by atoms with Crippen molar-refractivity contribution in [3.63, 3.8) is 0 Å². The molecule has 0 amide bonds. The summed E-state index contributed by atoms with van der Waals surface area (Å²) in [6.45, 7) is 0. The summed E-state index contributed by atoms with van der Waals surface area (Å²) in [5, 5.41) is 9.86. The third-order valence-corrected chi connectivity index (χ3v) is 4.83. The summed E-state index contributed by atoms with van der Waals surface area (Å²) in [6, 6.07) is 0. The molecule has 108 valence electrons. The minimum atomic E-state index is 0.132. The number of carbonyl (C=O) groups is 1. The second kappa shape index (κ2) is 7.72. The van der Waals surface area contributed by atoms with Crippen molar-refractivity contribution in [1.29, 1.82) is 0 Å². The third-order valence-electron chi connectivity index (χ3n) is 4.83. The summed E-state index contributed by atoms with van der Waals surface area (Å²) >= 11 is 0. The van der Waals surface area contributed by atoms with Crippen LogP contribution in [0.3, 0.4) is 0 Å². The molecular formula is C17H28O2. The molecule has 2 fully saturated rings. The smallest absolute Gasteiger partial charge is 0.159 e. The second-order valence-electron chi connectivity index (χ2n) is 6.50. The Hall–Kier alpha value is -0.790. The van der Waals surface area contributed by atoms with Gasteiger partial charge in [0.1, 0.15) is 0 Å². The van der Waals surface area contributed by atoms with Crippen LogP contribution in [-0.2, 0) is 4.79 Å². The van der Waals surface area contributed by atoms with E-state index in [0.717, 1.165) is 12.3 Å². The Kier molecular flexibility index (Phi) is 5.93. The highest BCUT2D eigenvalue weighted by molar-refractivity contribution is 5.90. The van der Waals surface area contributed by atoms with E-state index >= 15 is 0 Å². The monoisotopic (exact) mass is 264 g/mol. The maximum absolute atomic E-state index is 11.8. The maximum Gasteiger partial charge on any atom is 0.159 e. The van der Waals surface area contributed by atoms with E-state index in [2.05, 4.69) is 0 Å². The zero-order valence-corrected chi connectivity index (χ0v) is 12.1. The second-order valence-corrected chi connectivity index (χ2v) is 6.50. The number of hydrogen-bond acceptors (Lipinski definition) is 2. The molecule has 0 unspecified atom stereocenters. The van der Waals surface area contributed by atoms with Crippen LogP contribution in [0.2, 0.25) is 0 Å². The van der Waals surface area contributed by atoms with Crippen LogP contribution in [0.5, 0.6) is 0 Å². The average Bonchev–Trinajstić information content (AvgIpc) is 2.90. The maximum atomic E-state index is 11.8. The van der Waals surface area contributed by atoms with Crippen molar-refractivity contribution in [3.05, 3.63) is 11.8 Å². The molecule has 2 rings (SSSR count). The first-order chi connectivity index (χ1) is 9.24. The number of ketones is 1. The van der Waals surface area contributed by atoms with Gasteiger partial charge < -0.3 is 5.11 Å². The Labute approximate surface area is 117 Å². The van der Waals surface area contributed by atoms with E-state index in [-0.39, 0.29) is 5.78 Å². The summed E-state index contributed by atoms with van der Waals surface area (Å²) in [5.74, 6) is 1.80. The summed E-state index contributed by atoms with van der Waals surface area (Å²) in [6.07, 6.45) is 15.5. The van der Waals surface area contributed by atoms with Gasteiger partial charge in [0.25, 0.3) is 0 Å². The van der Waals surface area contributed by atoms with Crippen molar-refractivity contribution >= 4 is 5.78 Å². The molecule has 2 saturated carbocycles. The molecule has 0 aromatic rings. The van der Waals surface area contributed by atoms with Crippen LogP contribution in [0.1, 0.15) is 77.0 Å². The Morgan fingerprint density at radius 1 is 0.947 bits per heavy atom. The van der Waals surface area contributed by atoms with E-state index in [0.29, 0.717) is 24.5 Å². The van der Waals surface area contributed by atoms with Crippen LogP contribution in [0.4, 0.5) is 0 Å². The van der Waals surface area contributed by atoms with Gasteiger partial charge in [0.15, 0.2) is 5.78 Å². The first-order valence-corrected chi connectivity index (χ1v) is 8.16. The Morgan fingerprint density at radius 3 is 2.21 bits per heavy atom. The van der Waals surface area contributed by atoms with Crippen molar-refractivity contribution < 1.29 is 9.90 Å². The fourth-order valence-corrected chi connectivity index (χ4v) is 3.64. The number of rotatable bonds is 6. The largest absolute Gasteiger partial charge is 0.512 e. The number of hydrogen-bond donors (Lipinski definition) is 1. The predicted molar refractivity (Wildman–Crippen MR) is 78.1 cm³/mol. The van der Waals surface area contributed by atoms with Gasteiger partial charge in [0.05, 0.1) is 5.76 Å².